The number of rotatable bonds is 46. The third-order valence-electron chi connectivity index (χ3n) is 10.7. The molecule has 67 heavy (non-hydrogen) atoms. The second-order valence-corrected chi connectivity index (χ2v) is 17.0. The lowest BCUT2D eigenvalue weighted by molar-refractivity contribution is -0.167. The fourth-order valence-electron chi connectivity index (χ4n) is 6.71. The molecule has 6 nitrogen and oxygen atoms in total. The number of unbranched alkanes of at least 4 members (excludes halogenated alkanes) is 13. The first-order valence-electron chi connectivity index (χ1n) is 26.7. The van der Waals surface area contributed by atoms with Crippen LogP contribution in [0.3, 0.4) is 0 Å². The van der Waals surface area contributed by atoms with Gasteiger partial charge in [0, 0.05) is 19.3 Å². The van der Waals surface area contributed by atoms with Crippen LogP contribution in [-0.4, -0.2) is 37.2 Å². The summed E-state index contributed by atoms with van der Waals surface area (Å²) in [6.45, 7) is 6.30. The van der Waals surface area contributed by atoms with Crippen LogP contribution < -0.4 is 0 Å². The van der Waals surface area contributed by atoms with Gasteiger partial charge in [0.2, 0.25) is 0 Å². The number of ether oxygens (including phenoxy) is 3. The highest BCUT2D eigenvalue weighted by Gasteiger charge is 2.19. The molecule has 0 heterocycles. The van der Waals surface area contributed by atoms with Crippen molar-refractivity contribution in [2.45, 2.75) is 219 Å². The van der Waals surface area contributed by atoms with Gasteiger partial charge in [0.25, 0.3) is 0 Å². The molecule has 0 spiro atoms. The van der Waals surface area contributed by atoms with E-state index in [4.69, 9.17) is 14.2 Å². The van der Waals surface area contributed by atoms with E-state index >= 15 is 0 Å². The molecule has 0 radical (unpaired) electrons. The van der Waals surface area contributed by atoms with E-state index in [2.05, 4.69) is 154 Å². The van der Waals surface area contributed by atoms with E-state index in [1.165, 1.54) is 38.5 Å². The molecule has 0 aliphatic rings. The van der Waals surface area contributed by atoms with Crippen LogP contribution in [0.25, 0.3) is 0 Å². The van der Waals surface area contributed by atoms with Crippen LogP contribution in [0, 0.1) is 0 Å². The highest BCUT2D eigenvalue weighted by molar-refractivity contribution is 5.71. The quantitative estimate of drug-likeness (QED) is 0.0262. The van der Waals surface area contributed by atoms with Gasteiger partial charge in [0.15, 0.2) is 6.10 Å². The van der Waals surface area contributed by atoms with Gasteiger partial charge >= 0.3 is 17.9 Å². The fourth-order valence-corrected chi connectivity index (χ4v) is 6.71. The zero-order valence-corrected chi connectivity index (χ0v) is 42.9. The maximum Gasteiger partial charge on any atom is 0.306 e. The van der Waals surface area contributed by atoms with Crippen molar-refractivity contribution in [2.75, 3.05) is 13.2 Å². The van der Waals surface area contributed by atoms with Crippen LogP contribution in [0.1, 0.15) is 213 Å². The SMILES string of the molecule is CC/C=C\C/C=C\C/C=C\C/C=C\C/C=C\C/C=C\C/C=C\CCCC(=O)OCC(COC(=O)CCCCCCCCCCC)OC(=O)CCCCCC/C=C\C/C=C\C/C=C\C/C=C\CC. The minimum Gasteiger partial charge on any atom is -0.462 e. The maximum absolute atomic E-state index is 12.8. The molecule has 376 valence electrons. The maximum atomic E-state index is 12.8. The normalized spacial score (nSPS) is 13.2. The Morgan fingerprint density at radius 1 is 0.313 bits per heavy atom. The van der Waals surface area contributed by atoms with Crippen molar-refractivity contribution in [3.05, 3.63) is 134 Å². The first-order valence-corrected chi connectivity index (χ1v) is 26.7. The summed E-state index contributed by atoms with van der Waals surface area (Å²) in [4.78, 5) is 37.9. The summed E-state index contributed by atoms with van der Waals surface area (Å²) in [7, 11) is 0. The molecular formula is C61H96O6. The number of carbonyl (C=O) groups excluding carboxylic acids is 3. The average molecular weight is 925 g/mol. The van der Waals surface area contributed by atoms with Crippen molar-refractivity contribution >= 4 is 17.9 Å². The summed E-state index contributed by atoms with van der Waals surface area (Å²) in [6.07, 6.45) is 75.9. The minimum absolute atomic E-state index is 0.110. The Morgan fingerprint density at radius 3 is 0.970 bits per heavy atom. The Bertz CT molecular complexity index is 1480. The van der Waals surface area contributed by atoms with E-state index in [1.807, 2.05) is 0 Å². The van der Waals surface area contributed by atoms with Crippen LogP contribution in [0.4, 0.5) is 0 Å². The molecule has 0 aromatic heterocycles. The molecule has 6 heteroatoms. The number of esters is 3. The molecule has 0 aliphatic carbocycles. The summed E-state index contributed by atoms with van der Waals surface area (Å²) in [5.41, 5.74) is 0. The molecule has 0 bridgehead atoms. The number of carbonyl (C=O) groups is 3. The fraction of sp³-hybridized carbons (Fsp3) is 0.590. The van der Waals surface area contributed by atoms with Crippen molar-refractivity contribution in [1.82, 2.24) is 0 Å². The van der Waals surface area contributed by atoms with Gasteiger partial charge in [0.05, 0.1) is 0 Å². The standard InChI is InChI=1S/C61H96O6/c1-4-7-10-13-16-19-21-23-25-27-28-29-30-31-32-34-35-37-39-42-45-48-51-54-60(63)66-57-58(56-65-59(62)53-50-47-44-41-18-15-12-9-6-3)67-61(64)55-52-49-46-43-40-38-36-33-26-24-22-20-17-14-11-8-5-2/h7-8,10-11,16-17,19-20,23-26,28-29,31-32,35-38,42,45,58H,4-6,9,12-15,18,21-22,27,30,33-34,39-41,43-44,46-57H2,1-3H3/b10-7-,11-8-,19-16-,20-17-,25-23-,26-24-,29-28-,32-31-,37-35-,38-36-,45-42-. The van der Waals surface area contributed by atoms with Crippen LogP contribution >= 0.6 is 0 Å². The van der Waals surface area contributed by atoms with E-state index in [0.717, 1.165) is 128 Å². The van der Waals surface area contributed by atoms with Gasteiger partial charge in [-0.3, -0.25) is 14.4 Å². The van der Waals surface area contributed by atoms with Crippen molar-refractivity contribution < 1.29 is 28.6 Å². The van der Waals surface area contributed by atoms with Gasteiger partial charge in [-0.25, -0.2) is 0 Å². The van der Waals surface area contributed by atoms with Gasteiger partial charge in [-0.15, -0.1) is 0 Å². The molecule has 0 fully saturated rings. The second kappa shape index (κ2) is 54.2. The lowest BCUT2D eigenvalue weighted by Crippen LogP contribution is -2.30. The van der Waals surface area contributed by atoms with Crippen molar-refractivity contribution in [1.29, 1.82) is 0 Å². The molecule has 0 rings (SSSR count). The minimum atomic E-state index is -0.817. The van der Waals surface area contributed by atoms with E-state index in [0.29, 0.717) is 12.8 Å². The molecule has 1 unspecified atom stereocenters. The first kappa shape index (κ1) is 62.5. The lowest BCUT2D eigenvalue weighted by Gasteiger charge is -2.18. The topological polar surface area (TPSA) is 78.9 Å². The zero-order chi connectivity index (χ0) is 48.6. The summed E-state index contributed by atoms with van der Waals surface area (Å²) >= 11 is 0. The number of hydrogen-bond donors (Lipinski definition) is 0. The second-order valence-electron chi connectivity index (χ2n) is 17.0. The molecule has 0 N–H and O–H groups in total. The molecule has 0 saturated carbocycles. The lowest BCUT2D eigenvalue weighted by atomic mass is 10.1. The Labute approximate surface area is 411 Å². The van der Waals surface area contributed by atoms with Crippen LogP contribution in [0.5, 0.6) is 0 Å². The summed E-state index contributed by atoms with van der Waals surface area (Å²) < 4.78 is 16.7. The van der Waals surface area contributed by atoms with Crippen molar-refractivity contribution in [3.63, 3.8) is 0 Å². The highest BCUT2D eigenvalue weighted by Crippen LogP contribution is 2.13. The third kappa shape index (κ3) is 52.4. The van der Waals surface area contributed by atoms with Gasteiger partial charge in [-0.2, -0.15) is 0 Å². The predicted octanol–water partition coefficient (Wildman–Crippen LogP) is 17.9. The first-order chi connectivity index (χ1) is 33.0. The Kier molecular flexibility index (Phi) is 50.6. The predicted molar refractivity (Wildman–Crippen MR) is 288 cm³/mol. The van der Waals surface area contributed by atoms with E-state index in [9.17, 15) is 14.4 Å². The molecule has 0 aromatic rings. The Hall–Kier alpha value is -4.45. The third-order valence-corrected chi connectivity index (χ3v) is 10.7. The van der Waals surface area contributed by atoms with Gasteiger partial charge in [0.1, 0.15) is 13.2 Å². The van der Waals surface area contributed by atoms with Crippen molar-refractivity contribution in [2.24, 2.45) is 0 Å². The molecule has 0 aliphatic heterocycles. The Balaban J connectivity index is 4.48. The van der Waals surface area contributed by atoms with Crippen LogP contribution in [0.15, 0.2) is 134 Å². The van der Waals surface area contributed by atoms with Gasteiger partial charge in [-0.1, -0.05) is 219 Å². The van der Waals surface area contributed by atoms with E-state index in [-0.39, 0.29) is 44.0 Å². The van der Waals surface area contributed by atoms with Crippen LogP contribution in [0.2, 0.25) is 0 Å². The molecule has 1 atom stereocenters. The molecule has 0 aromatic carbocycles. The largest absolute Gasteiger partial charge is 0.462 e. The van der Waals surface area contributed by atoms with Gasteiger partial charge < -0.3 is 14.2 Å². The van der Waals surface area contributed by atoms with E-state index in [1.54, 1.807) is 0 Å². The number of hydrogen-bond acceptors (Lipinski definition) is 6. The average Bonchev–Trinajstić information content (AvgIpc) is 3.33. The monoisotopic (exact) mass is 925 g/mol. The highest BCUT2D eigenvalue weighted by atomic mass is 16.6. The summed E-state index contributed by atoms with van der Waals surface area (Å²) in [5, 5.41) is 0. The number of allylic oxidation sites excluding steroid dienone is 22. The summed E-state index contributed by atoms with van der Waals surface area (Å²) in [5.74, 6) is -1.01. The Morgan fingerprint density at radius 2 is 0.597 bits per heavy atom. The molecular weight excluding hydrogens is 829 g/mol. The molecule has 0 saturated heterocycles. The van der Waals surface area contributed by atoms with Gasteiger partial charge in [-0.05, 0) is 109 Å². The van der Waals surface area contributed by atoms with E-state index < -0.39 is 6.10 Å². The van der Waals surface area contributed by atoms with Crippen LogP contribution in [-0.2, 0) is 28.6 Å². The van der Waals surface area contributed by atoms with Crippen molar-refractivity contribution in [3.8, 4) is 0 Å². The summed E-state index contributed by atoms with van der Waals surface area (Å²) in [6, 6.07) is 0. The molecule has 0 amide bonds. The zero-order valence-electron chi connectivity index (χ0n) is 42.9. The smallest absolute Gasteiger partial charge is 0.306 e.